The molecule has 0 aliphatic rings. The van der Waals surface area contributed by atoms with Gasteiger partial charge < -0.3 is 9.80 Å². The van der Waals surface area contributed by atoms with Gasteiger partial charge in [0.25, 0.3) is 0 Å². The minimum atomic E-state index is 0.0971. The molecule has 0 N–H and O–H groups in total. The first-order chi connectivity index (χ1) is 20.3. The van der Waals surface area contributed by atoms with Crippen molar-refractivity contribution in [1.29, 1.82) is 0 Å². The van der Waals surface area contributed by atoms with Gasteiger partial charge >= 0.3 is 0 Å². The largest absolute Gasteiger partial charge is 0.341 e. The van der Waals surface area contributed by atoms with Crippen LogP contribution in [0.2, 0.25) is 0 Å². The van der Waals surface area contributed by atoms with Gasteiger partial charge in [-0.2, -0.15) is 0 Å². The fraction of sp³-hybridized carbons (Fsp3) is 0.429. The van der Waals surface area contributed by atoms with E-state index in [-0.39, 0.29) is 16.2 Å². The standard InChI is InChI=1S/C42H56N2/c1-15-43(38-28(2)24-33(25-29(38)3)41(9,10)11)35-20-22-37(23-21-35)44(36-18-16-32(17-19-36)40(6,7)8)39-30(4)26-34(27-31(39)5)42(12,13)14/h16-27H,15H2,1-14H3. The molecule has 0 aliphatic carbocycles. The van der Waals surface area contributed by atoms with Crippen molar-refractivity contribution in [2.24, 2.45) is 0 Å². The monoisotopic (exact) mass is 588 g/mol. The van der Waals surface area contributed by atoms with Gasteiger partial charge in [-0.05, 0) is 126 Å². The van der Waals surface area contributed by atoms with Gasteiger partial charge in [0, 0.05) is 29.3 Å². The Morgan fingerprint density at radius 1 is 0.432 bits per heavy atom. The van der Waals surface area contributed by atoms with E-state index in [0.717, 1.165) is 6.54 Å². The number of rotatable bonds is 6. The van der Waals surface area contributed by atoms with Crippen LogP contribution in [-0.2, 0) is 16.2 Å². The molecule has 4 aromatic rings. The lowest BCUT2D eigenvalue weighted by molar-refractivity contribution is 0.589. The molecule has 4 rings (SSSR count). The second kappa shape index (κ2) is 12.1. The minimum absolute atomic E-state index is 0.0971. The zero-order valence-electron chi connectivity index (χ0n) is 30.0. The summed E-state index contributed by atoms with van der Waals surface area (Å²) in [7, 11) is 0. The molecular weight excluding hydrogens is 532 g/mol. The lowest BCUT2D eigenvalue weighted by Crippen LogP contribution is -2.20. The quantitative estimate of drug-likeness (QED) is 0.221. The first-order valence-corrected chi connectivity index (χ1v) is 16.3. The molecule has 44 heavy (non-hydrogen) atoms. The first kappa shape index (κ1) is 33.4. The molecule has 0 heterocycles. The van der Waals surface area contributed by atoms with Gasteiger partial charge in [-0.15, -0.1) is 0 Å². The number of hydrogen-bond acceptors (Lipinski definition) is 2. The van der Waals surface area contributed by atoms with Crippen LogP contribution >= 0.6 is 0 Å². The molecule has 0 radical (unpaired) electrons. The smallest absolute Gasteiger partial charge is 0.0520 e. The maximum atomic E-state index is 2.46. The molecule has 2 heteroatoms. The highest BCUT2D eigenvalue weighted by atomic mass is 15.2. The van der Waals surface area contributed by atoms with Gasteiger partial charge in [0.1, 0.15) is 0 Å². The Labute approximate surface area is 269 Å². The number of hydrogen-bond donors (Lipinski definition) is 0. The van der Waals surface area contributed by atoms with E-state index < -0.39 is 0 Å². The van der Waals surface area contributed by atoms with Crippen LogP contribution in [0, 0.1) is 27.7 Å². The van der Waals surface area contributed by atoms with E-state index in [9.17, 15) is 0 Å². The lowest BCUT2D eigenvalue weighted by atomic mass is 9.84. The zero-order chi connectivity index (χ0) is 32.8. The maximum absolute atomic E-state index is 2.46. The van der Waals surface area contributed by atoms with Crippen molar-refractivity contribution < 1.29 is 0 Å². The zero-order valence-corrected chi connectivity index (χ0v) is 30.0. The second-order valence-corrected chi connectivity index (χ2v) is 15.8. The van der Waals surface area contributed by atoms with Gasteiger partial charge in [-0.1, -0.05) is 98.7 Å². The molecule has 4 aromatic carbocycles. The Morgan fingerprint density at radius 3 is 1.09 bits per heavy atom. The summed E-state index contributed by atoms with van der Waals surface area (Å²) in [4.78, 5) is 4.90. The van der Waals surface area contributed by atoms with Crippen LogP contribution in [0.1, 0.15) is 108 Å². The van der Waals surface area contributed by atoms with Crippen LogP contribution in [0.3, 0.4) is 0 Å². The highest BCUT2D eigenvalue weighted by molar-refractivity contribution is 5.82. The SMILES string of the molecule is CCN(c1ccc(N(c2ccc(C(C)(C)C)cc2)c2c(C)cc(C(C)(C)C)cc2C)cc1)c1c(C)cc(C(C)(C)C)cc1C. The molecular formula is C42H56N2. The molecule has 0 saturated carbocycles. The van der Waals surface area contributed by atoms with Crippen molar-refractivity contribution in [3.63, 3.8) is 0 Å². The third-order valence-electron chi connectivity index (χ3n) is 8.94. The molecule has 0 saturated heterocycles. The van der Waals surface area contributed by atoms with Crippen molar-refractivity contribution >= 4 is 28.4 Å². The summed E-state index contributed by atoms with van der Waals surface area (Å²) in [6.07, 6.45) is 0. The average molecular weight is 589 g/mol. The number of benzene rings is 4. The first-order valence-electron chi connectivity index (χ1n) is 16.3. The van der Waals surface area contributed by atoms with E-state index in [4.69, 9.17) is 0 Å². The molecule has 0 amide bonds. The Hall–Kier alpha value is -3.52. The fourth-order valence-electron chi connectivity index (χ4n) is 6.33. The van der Waals surface area contributed by atoms with Crippen LogP contribution in [-0.4, -0.2) is 6.54 Å². The number of aryl methyl sites for hydroxylation is 4. The Morgan fingerprint density at radius 2 is 0.750 bits per heavy atom. The summed E-state index contributed by atoms with van der Waals surface area (Å²) < 4.78 is 0. The number of nitrogens with zero attached hydrogens (tertiary/aromatic N) is 2. The van der Waals surface area contributed by atoms with Crippen LogP contribution in [0.15, 0.2) is 72.8 Å². The summed E-state index contributed by atoms with van der Waals surface area (Å²) >= 11 is 0. The summed E-state index contributed by atoms with van der Waals surface area (Å²) in [6.45, 7) is 32.8. The summed E-state index contributed by atoms with van der Waals surface area (Å²) in [5.74, 6) is 0. The molecule has 234 valence electrons. The molecule has 0 fully saturated rings. The van der Waals surface area contributed by atoms with Gasteiger partial charge in [0.15, 0.2) is 0 Å². The summed E-state index contributed by atoms with van der Waals surface area (Å²) in [5, 5.41) is 0. The van der Waals surface area contributed by atoms with E-state index >= 15 is 0 Å². The highest BCUT2D eigenvalue weighted by Crippen LogP contribution is 2.42. The topological polar surface area (TPSA) is 6.48 Å². The number of anilines is 5. The maximum Gasteiger partial charge on any atom is 0.0520 e. The van der Waals surface area contributed by atoms with Crippen LogP contribution in [0.5, 0.6) is 0 Å². The van der Waals surface area contributed by atoms with Gasteiger partial charge in [0.05, 0.1) is 5.69 Å². The van der Waals surface area contributed by atoms with Gasteiger partial charge in [-0.25, -0.2) is 0 Å². The summed E-state index contributed by atoms with van der Waals surface area (Å²) in [5.41, 5.74) is 15.8. The van der Waals surface area contributed by atoms with Crippen molar-refractivity contribution in [3.8, 4) is 0 Å². The van der Waals surface area contributed by atoms with Crippen molar-refractivity contribution in [2.45, 2.75) is 113 Å². The predicted octanol–water partition coefficient (Wildman–Crippen LogP) is 12.4. The van der Waals surface area contributed by atoms with E-state index in [1.165, 1.54) is 67.4 Å². The van der Waals surface area contributed by atoms with E-state index in [2.05, 4.69) is 180 Å². The highest BCUT2D eigenvalue weighted by Gasteiger charge is 2.23. The van der Waals surface area contributed by atoms with Gasteiger partial charge in [-0.3, -0.25) is 0 Å². The molecule has 0 aliphatic heterocycles. The Kier molecular flexibility index (Phi) is 9.19. The average Bonchev–Trinajstić information content (AvgIpc) is 2.91. The fourth-order valence-corrected chi connectivity index (χ4v) is 6.33. The van der Waals surface area contributed by atoms with Crippen LogP contribution in [0.25, 0.3) is 0 Å². The third kappa shape index (κ3) is 6.90. The van der Waals surface area contributed by atoms with Crippen LogP contribution < -0.4 is 9.80 Å². The normalized spacial score (nSPS) is 12.4. The van der Waals surface area contributed by atoms with Crippen LogP contribution in [0.4, 0.5) is 28.4 Å². The predicted molar refractivity (Wildman–Crippen MR) is 195 cm³/mol. The van der Waals surface area contributed by atoms with Crippen molar-refractivity contribution in [1.82, 2.24) is 0 Å². The molecule has 0 aromatic heterocycles. The molecule has 0 spiro atoms. The van der Waals surface area contributed by atoms with E-state index in [1.54, 1.807) is 0 Å². The van der Waals surface area contributed by atoms with E-state index in [1.807, 2.05) is 0 Å². The van der Waals surface area contributed by atoms with Crippen molar-refractivity contribution in [2.75, 3.05) is 16.3 Å². The molecule has 0 atom stereocenters. The molecule has 0 unspecified atom stereocenters. The lowest BCUT2D eigenvalue weighted by Gasteiger charge is -2.32. The molecule has 0 bridgehead atoms. The van der Waals surface area contributed by atoms with E-state index in [0.29, 0.717) is 0 Å². The summed E-state index contributed by atoms with van der Waals surface area (Å²) in [6, 6.07) is 27.8. The minimum Gasteiger partial charge on any atom is -0.341 e. The molecule has 2 nitrogen and oxygen atoms in total. The second-order valence-electron chi connectivity index (χ2n) is 15.8. The third-order valence-corrected chi connectivity index (χ3v) is 8.94. The van der Waals surface area contributed by atoms with Gasteiger partial charge in [0.2, 0.25) is 0 Å². The van der Waals surface area contributed by atoms with Crippen molar-refractivity contribution in [3.05, 3.63) is 112 Å². The Balaban J connectivity index is 1.84. The Bertz CT molecular complexity index is 1560.